The van der Waals surface area contributed by atoms with Crippen molar-refractivity contribution in [3.63, 3.8) is 0 Å². The van der Waals surface area contributed by atoms with Gasteiger partial charge in [0.2, 0.25) is 0 Å². The molecule has 1 rings (SSSR count). The second kappa shape index (κ2) is 7.79. The van der Waals surface area contributed by atoms with Crippen LogP contribution in [0.2, 0.25) is 0 Å². The molecular formula is C16H30N4O3. The van der Waals surface area contributed by atoms with Gasteiger partial charge in [0.1, 0.15) is 11.4 Å². The highest BCUT2D eigenvalue weighted by atomic mass is 16.6. The van der Waals surface area contributed by atoms with Crippen molar-refractivity contribution in [3.05, 3.63) is 11.8 Å². The second-order valence-electron chi connectivity index (χ2n) is 7.19. The number of nitrogens with zero attached hydrogens (tertiary/aromatic N) is 2. The number of amides is 1. The lowest BCUT2D eigenvalue weighted by atomic mass is 9.88. The maximum atomic E-state index is 11.9. The zero-order chi connectivity index (χ0) is 17.7. The monoisotopic (exact) mass is 326 g/mol. The summed E-state index contributed by atoms with van der Waals surface area (Å²) in [5.41, 5.74) is 0.168. The lowest BCUT2D eigenvalue weighted by Crippen LogP contribution is -2.34. The molecule has 1 amide bonds. The predicted octanol–water partition coefficient (Wildman–Crippen LogP) is 2.27. The summed E-state index contributed by atoms with van der Waals surface area (Å²) in [6.45, 7) is 10.9. The number of aromatic nitrogens is 2. The molecule has 0 saturated carbocycles. The van der Waals surface area contributed by atoms with Crippen molar-refractivity contribution in [2.45, 2.75) is 53.2 Å². The van der Waals surface area contributed by atoms with Gasteiger partial charge in [0.15, 0.2) is 0 Å². The van der Waals surface area contributed by atoms with Crippen LogP contribution >= 0.6 is 0 Å². The molecular weight excluding hydrogens is 296 g/mol. The quantitative estimate of drug-likeness (QED) is 0.715. The molecule has 7 nitrogen and oxygen atoms in total. The zero-order valence-corrected chi connectivity index (χ0v) is 15.1. The molecule has 0 aliphatic rings. The summed E-state index contributed by atoms with van der Waals surface area (Å²) in [7, 11) is 1.76. The van der Waals surface area contributed by atoms with Gasteiger partial charge in [-0.1, -0.05) is 13.8 Å². The Morgan fingerprint density at radius 2 is 2.04 bits per heavy atom. The van der Waals surface area contributed by atoms with Gasteiger partial charge in [-0.05, 0) is 27.2 Å². The Labute approximate surface area is 138 Å². The van der Waals surface area contributed by atoms with E-state index in [1.807, 2.05) is 27.7 Å². The third-order valence-electron chi connectivity index (χ3n) is 3.74. The average Bonchev–Trinajstić information content (AvgIpc) is 2.78. The molecule has 1 atom stereocenters. The van der Waals surface area contributed by atoms with Crippen LogP contribution in [0.3, 0.4) is 0 Å². The van der Waals surface area contributed by atoms with Crippen molar-refractivity contribution >= 4 is 11.9 Å². The SMILES string of the molecule is CCC(C)(CO)CNCc1cnn(C)c1NC(=O)OC(C)(C)C. The van der Waals surface area contributed by atoms with Gasteiger partial charge in [-0.3, -0.25) is 10.00 Å². The van der Waals surface area contributed by atoms with E-state index in [0.29, 0.717) is 18.9 Å². The molecule has 1 unspecified atom stereocenters. The molecule has 23 heavy (non-hydrogen) atoms. The number of aryl methyl sites for hydroxylation is 1. The molecule has 3 N–H and O–H groups in total. The van der Waals surface area contributed by atoms with Crippen LogP contribution in [0.1, 0.15) is 46.6 Å². The van der Waals surface area contributed by atoms with Crippen molar-refractivity contribution in [2.24, 2.45) is 12.5 Å². The molecule has 0 fully saturated rings. The van der Waals surface area contributed by atoms with Crippen LogP contribution in [0.15, 0.2) is 6.20 Å². The summed E-state index contributed by atoms with van der Waals surface area (Å²) in [4.78, 5) is 11.9. The van der Waals surface area contributed by atoms with Crippen LogP contribution in [0, 0.1) is 5.41 Å². The van der Waals surface area contributed by atoms with Crippen LogP contribution in [-0.2, 0) is 18.3 Å². The second-order valence-corrected chi connectivity index (χ2v) is 7.19. The summed E-state index contributed by atoms with van der Waals surface area (Å²) < 4.78 is 6.87. The summed E-state index contributed by atoms with van der Waals surface area (Å²) in [6.07, 6.45) is 2.09. The molecule has 0 aliphatic carbocycles. The number of hydrogen-bond acceptors (Lipinski definition) is 5. The van der Waals surface area contributed by atoms with E-state index >= 15 is 0 Å². The molecule has 7 heteroatoms. The van der Waals surface area contributed by atoms with Crippen molar-refractivity contribution in [3.8, 4) is 0 Å². The van der Waals surface area contributed by atoms with E-state index in [1.54, 1.807) is 17.9 Å². The van der Waals surface area contributed by atoms with Gasteiger partial charge < -0.3 is 15.2 Å². The molecule has 1 aromatic heterocycles. The first-order valence-electron chi connectivity index (χ1n) is 7.92. The molecule has 0 saturated heterocycles. The van der Waals surface area contributed by atoms with Crippen molar-refractivity contribution in [1.82, 2.24) is 15.1 Å². The lowest BCUT2D eigenvalue weighted by molar-refractivity contribution is 0.0634. The molecule has 0 bridgehead atoms. The fourth-order valence-corrected chi connectivity index (χ4v) is 1.97. The van der Waals surface area contributed by atoms with E-state index in [1.165, 1.54) is 0 Å². The Hall–Kier alpha value is -1.60. The van der Waals surface area contributed by atoms with Crippen molar-refractivity contribution in [2.75, 3.05) is 18.5 Å². The zero-order valence-electron chi connectivity index (χ0n) is 15.1. The van der Waals surface area contributed by atoms with Gasteiger partial charge in [0.25, 0.3) is 0 Å². The number of aliphatic hydroxyl groups excluding tert-OH is 1. The number of aliphatic hydroxyl groups is 1. The Balaban J connectivity index is 2.67. The molecule has 0 aliphatic heterocycles. The summed E-state index contributed by atoms with van der Waals surface area (Å²) in [6, 6.07) is 0. The fraction of sp³-hybridized carbons (Fsp3) is 0.750. The number of rotatable bonds is 7. The third-order valence-corrected chi connectivity index (χ3v) is 3.74. The smallest absolute Gasteiger partial charge is 0.413 e. The Kier molecular flexibility index (Phi) is 6.58. The normalized spacial score (nSPS) is 14.4. The van der Waals surface area contributed by atoms with E-state index in [9.17, 15) is 9.90 Å². The van der Waals surface area contributed by atoms with Gasteiger partial charge in [0.05, 0.1) is 6.20 Å². The summed E-state index contributed by atoms with van der Waals surface area (Å²) in [5, 5.41) is 19.7. The minimum Gasteiger partial charge on any atom is -0.444 e. The summed E-state index contributed by atoms with van der Waals surface area (Å²) >= 11 is 0. The van der Waals surface area contributed by atoms with Crippen molar-refractivity contribution in [1.29, 1.82) is 0 Å². The first kappa shape index (κ1) is 19.4. The minimum absolute atomic E-state index is 0.132. The van der Waals surface area contributed by atoms with Gasteiger partial charge in [0, 0.05) is 37.7 Å². The molecule has 0 spiro atoms. The van der Waals surface area contributed by atoms with E-state index in [0.717, 1.165) is 12.0 Å². The molecule has 1 aromatic rings. The number of carbonyl (C=O) groups excluding carboxylic acids is 1. The van der Waals surface area contributed by atoms with Gasteiger partial charge in [-0.15, -0.1) is 0 Å². The van der Waals surface area contributed by atoms with Crippen molar-refractivity contribution < 1.29 is 14.6 Å². The topological polar surface area (TPSA) is 88.4 Å². The Bertz CT molecular complexity index is 516. The first-order valence-corrected chi connectivity index (χ1v) is 7.92. The van der Waals surface area contributed by atoms with E-state index in [2.05, 4.69) is 22.7 Å². The lowest BCUT2D eigenvalue weighted by Gasteiger charge is -2.26. The summed E-state index contributed by atoms with van der Waals surface area (Å²) in [5.74, 6) is 0.606. The van der Waals surface area contributed by atoms with Crippen LogP contribution in [0.5, 0.6) is 0 Å². The maximum absolute atomic E-state index is 11.9. The van der Waals surface area contributed by atoms with E-state index < -0.39 is 11.7 Å². The van der Waals surface area contributed by atoms with E-state index in [-0.39, 0.29) is 12.0 Å². The van der Waals surface area contributed by atoms with Crippen LogP contribution < -0.4 is 10.6 Å². The van der Waals surface area contributed by atoms with Crippen LogP contribution in [0.25, 0.3) is 0 Å². The number of ether oxygens (including phenoxy) is 1. The maximum Gasteiger partial charge on any atom is 0.413 e. The number of carbonyl (C=O) groups is 1. The van der Waals surface area contributed by atoms with Gasteiger partial charge in [-0.25, -0.2) is 4.79 Å². The molecule has 1 heterocycles. The standard InChI is InChI=1S/C16H30N4O3/c1-7-16(5,11-21)10-17-8-12-9-18-20(6)13(12)19-14(22)23-15(2,3)4/h9,17,21H,7-8,10-11H2,1-6H3,(H,19,22). The highest BCUT2D eigenvalue weighted by Crippen LogP contribution is 2.20. The average molecular weight is 326 g/mol. The van der Waals surface area contributed by atoms with Crippen LogP contribution in [-0.4, -0.2) is 39.7 Å². The van der Waals surface area contributed by atoms with Crippen LogP contribution in [0.4, 0.5) is 10.6 Å². The molecule has 0 aromatic carbocycles. The van der Waals surface area contributed by atoms with E-state index in [4.69, 9.17) is 4.74 Å². The molecule has 132 valence electrons. The number of hydrogen-bond donors (Lipinski definition) is 3. The third kappa shape index (κ3) is 6.19. The highest BCUT2D eigenvalue weighted by Gasteiger charge is 2.22. The number of anilines is 1. The van der Waals surface area contributed by atoms with Gasteiger partial charge in [-0.2, -0.15) is 5.10 Å². The first-order chi connectivity index (χ1) is 10.6. The Morgan fingerprint density at radius 1 is 1.39 bits per heavy atom. The largest absolute Gasteiger partial charge is 0.444 e. The minimum atomic E-state index is -0.550. The highest BCUT2D eigenvalue weighted by molar-refractivity contribution is 5.84. The fourth-order valence-electron chi connectivity index (χ4n) is 1.97. The number of nitrogens with one attached hydrogen (secondary N) is 2. The Morgan fingerprint density at radius 3 is 2.57 bits per heavy atom. The molecule has 0 radical (unpaired) electrons. The van der Waals surface area contributed by atoms with Gasteiger partial charge >= 0.3 is 6.09 Å². The predicted molar refractivity (Wildman–Crippen MR) is 90.3 cm³/mol.